The number of halogens is 2. The second-order valence-electron chi connectivity index (χ2n) is 6.82. The Morgan fingerprint density at radius 2 is 1.93 bits per heavy atom. The monoisotopic (exact) mass is 424 g/mol. The third kappa shape index (κ3) is 4.35. The Balaban J connectivity index is 0.00000140. The van der Waals surface area contributed by atoms with Gasteiger partial charge in [-0.05, 0) is 50.1 Å². The van der Waals surface area contributed by atoms with Crippen LogP contribution in [-0.2, 0) is 0 Å². The van der Waals surface area contributed by atoms with E-state index in [2.05, 4.69) is 20.5 Å². The topological polar surface area (TPSA) is 66.5 Å². The highest BCUT2D eigenvalue weighted by Crippen LogP contribution is 2.32. The highest BCUT2D eigenvalue weighted by molar-refractivity contribution is 6.00. The van der Waals surface area contributed by atoms with Gasteiger partial charge in [0.15, 0.2) is 0 Å². The van der Waals surface area contributed by atoms with Crippen molar-refractivity contribution in [3.63, 3.8) is 0 Å². The van der Waals surface area contributed by atoms with Gasteiger partial charge in [-0.3, -0.25) is 4.79 Å². The van der Waals surface area contributed by atoms with Gasteiger partial charge in [-0.2, -0.15) is 0 Å². The average Bonchev–Trinajstić information content (AvgIpc) is 2.94. The lowest BCUT2D eigenvalue weighted by Crippen LogP contribution is -2.42. The largest absolute Gasteiger partial charge is 0.495 e. The van der Waals surface area contributed by atoms with Crippen LogP contribution < -0.4 is 15.4 Å². The molecule has 2 aromatic rings. The third-order valence-corrected chi connectivity index (χ3v) is 5.29. The van der Waals surface area contributed by atoms with Gasteiger partial charge in [0.2, 0.25) is 0 Å². The van der Waals surface area contributed by atoms with E-state index in [-0.39, 0.29) is 36.8 Å². The number of carbonyl (C=O) groups excluding carboxylic acids is 1. The minimum Gasteiger partial charge on any atom is -0.495 e. The molecule has 3 heterocycles. The van der Waals surface area contributed by atoms with Crippen molar-refractivity contribution in [2.24, 2.45) is 0 Å². The maximum absolute atomic E-state index is 13.4. The molecule has 0 saturated carbocycles. The van der Waals surface area contributed by atoms with Gasteiger partial charge in [0.05, 0.1) is 18.4 Å². The fraction of sp³-hybridized carbons (Fsp3) is 0.400. The number of ether oxygens (including phenoxy) is 1. The van der Waals surface area contributed by atoms with E-state index >= 15 is 0 Å². The normalized spacial score (nSPS) is 20.4. The zero-order valence-corrected chi connectivity index (χ0v) is 17.4. The number of benzene rings is 1. The molecule has 6 nitrogen and oxygen atoms in total. The van der Waals surface area contributed by atoms with Crippen LogP contribution in [-0.4, -0.2) is 48.1 Å². The number of nitrogens with one attached hydrogen (secondary N) is 2. The fourth-order valence-corrected chi connectivity index (χ4v) is 4.01. The number of amides is 1. The summed E-state index contributed by atoms with van der Waals surface area (Å²) in [5, 5.41) is 6.72. The summed E-state index contributed by atoms with van der Waals surface area (Å²) in [7, 11) is 1.63. The lowest BCUT2D eigenvalue weighted by molar-refractivity contribution is 0.0681. The standard InChI is InChI=1S/C20H24N4O2.2ClH/c1-26-18-7-3-2-6-17(18)23-19-16(5-4-11-22-19)20(25)24-14-8-9-15(24)13-21-12-10-14;;/h2-7,11,14-15,21H,8-10,12-13H2,1H3,(H,22,23);2*1H. The number of hydrogen-bond donors (Lipinski definition) is 2. The van der Waals surface area contributed by atoms with Crippen LogP contribution in [0.4, 0.5) is 11.5 Å². The van der Waals surface area contributed by atoms with E-state index in [4.69, 9.17) is 4.74 Å². The number of fused-ring (bicyclic) bond motifs is 2. The minimum atomic E-state index is 0. The Labute approximate surface area is 177 Å². The molecule has 1 amide bonds. The number of nitrogens with zero attached hydrogens (tertiary/aromatic N) is 2. The smallest absolute Gasteiger partial charge is 0.258 e. The van der Waals surface area contributed by atoms with Gasteiger partial charge in [0.25, 0.3) is 5.91 Å². The van der Waals surface area contributed by atoms with Crippen molar-refractivity contribution in [3.8, 4) is 5.75 Å². The first kappa shape index (κ1) is 22.3. The van der Waals surface area contributed by atoms with Gasteiger partial charge in [0, 0.05) is 24.8 Å². The highest BCUT2D eigenvalue weighted by atomic mass is 35.5. The molecule has 2 fully saturated rings. The lowest BCUT2D eigenvalue weighted by atomic mass is 10.1. The summed E-state index contributed by atoms with van der Waals surface area (Å²) in [6.07, 6.45) is 4.87. The molecule has 2 aliphatic heterocycles. The summed E-state index contributed by atoms with van der Waals surface area (Å²) in [4.78, 5) is 19.9. The number of hydrogen-bond acceptors (Lipinski definition) is 5. The SMILES string of the molecule is COc1ccccc1Nc1ncccc1C(=O)N1C2CCNCC1CC2.Cl.Cl. The first-order valence-corrected chi connectivity index (χ1v) is 9.16. The molecule has 4 rings (SSSR count). The predicted octanol–water partition coefficient (Wildman–Crippen LogP) is 3.64. The fourth-order valence-electron chi connectivity index (χ4n) is 4.01. The van der Waals surface area contributed by atoms with Crippen LogP contribution >= 0.6 is 24.8 Å². The summed E-state index contributed by atoms with van der Waals surface area (Å²) in [5.41, 5.74) is 1.40. The molecular formula is C20H26Cl2N4O2. The molecule has 2 aliphatic rings. The van der Waals surface area contributed by atoms with Gasteiger partial charge in [-0.15, -0.1) is 24.8 Å². The molecule has 8 heteroatoms. The molecule has 152 valence electrons. The molecule has 0 aliphatic carbocycles. The van der Waals surface area contributed by atoms with E-state index in [1.54, 1.807) is 13.3 Å². The Kier molecular flexibility index (Phi) is 7.92. The predicted molar refractivity (Wildman–Crippen MR) is 115 cm³/mol. The van der Waals surface area contributed by atoms with Crippen LogP contribution in [0.5, 0.6) is 5.75 Å². The van der Waals surface area contributed by atoms with Crippen LogP contribution in [0.1, 0.15) is 29.6 Å². The van der Waals surface area contributed by atoms with E-state index in [0.717, 1.165) is 43.8 Å². The van der Waals surface area contributed by atoms with E-state index < -0.39 is 0 Å². The van der Waals surface area contributed by atoms with Gasteiger partial charge >= 0.3 is 0 Å². The molecular weight excluding hydrogens is 399 g/mol. The van der Waals surface area contributed by atoms with Crippen molar-refractivity contribution in [1.82, 2.24) is 15.2 Å². The Bertz CT molecular complexity index is 791. The number of aromatic nitrogens is 1. The minimum absolute atomic E-state index is 0. The second kappa shape index (κ2) is 9.96. The lowest BCUT2D eigenvalue weighted by Gasteiger charge is -2.28. The molecule has 0 spiro atoms. The Hall–Kier alpha value is -2.02. The van der Waals surface area contributed by atoms with Crippen LogP contribution in [0.3, 0.4) is 0 Å². The summed E-state index contributed by atoms with van der Waals surface area (Å²) in [6, 6.07) is 11.9. The van der Waals surface area contributed by atoms with Gasteiger partial charge in [-0.25, -0.2) is 4.98 Å². The first-order valence-electron chi connectivity index (χ1n) is 9.16. The Morgan fingerprint density at radius 1 is 1.14 bits per heavy atom. The Morgan fingerprint density at radius 3 is 2.75 bits per heavy atom. The molecule has 2 bridgehead atoms. The summed E-state index contributed by atoms with van der Waals surface area (Å²) >= 11 is 0. The van der Waals surface area contributed by atoms with E-state index in [9.17, 15) is 4.79 Å². The van der Waals surface area contributed by atoms with Crippen LogP contribution in [0, 0.1) is 0 Å². The average molecular weight is 425 g/mol. The first-order chi connectivity index (χ1) is 12.8. The van der Waals surface area contributed by atoms with Crippen molar-refractivity contribution < 1.29 is 9.53 Å². The molecule has 0 radical (unpaired) electrons. The number of anilines is 2. The third-order valence-electron chi connectivity index (χ3n) is 5.29. The number of methoxy groups -OCH3 is 1. The molecule has 1 aromatic heterocycles. The van der Waals surface area contributed by atoms with Crippen LogP contribution in [0.25, 0.3) is 0 Å². The van der Waals surface area contributed by atoms with E-state index in [1.807, 2.05) is 36.4 Å². The van der Waals surface area contributed by atoms with Crippen molar-refractivity contribution in [2.45, 2.75) is 31.3 Å². The van der Waals surface area contributed by atoms with E-state index in [0.29, 0.717) is 17.4 Å². The summed E-state index contributed by atoms with van der Waals surface area (Å²) < 4.78 is 5.40. The molecule has 1 aromatic carbocycles. The zero-order valence-electron chi connectivity index (χ0n) is 15.8. The molecule has 2 atom stereocenters. The number of carbonyl (C=O) groups is 1. The van der Waals surface area contributed by atoms with Crippen LogP contribution in [0.2, 0.25) is 0 Å². The van der Waals surface area contributed by atoms with E-state index in [1.165, 1.54) is 0 Å². The van der Waals surface area contributed by atoms with Crippen molar-refractivity contribution in [1.29, 1.82) is 0 Å². The van der Waals surface area contributed by atoms with Crippen LogP contribution in [0.15, 0.2) is 42.6 Å². The van der Waals surface area contributed by atoms with Crippen molar-refractivity contribution >= 4 is 42.2 Å². The highest BCUT2D eigenvalue weighted by Gasteiger charge is 2.39. The van der Waals surface area contributed by atoms with Crippen molar-refractivity contribution in [2.75, 3.05) is 25.5 Å². The number of pyridine rings is 1. The van der Waals surface area contributed by atoms with Gasteiger partial charge in [0.1, 0.15) is 11.6 Å². The number of rotatable bonds is 4. The molecule has 2 unspecified atom stereocenters. The molecule has 28 heavy (non-hydrogen) atoms. The molecule has 2 saturated heterocycles. The quantitative estimate of drug-likeness (QED) is 0.783. The summed E-state index contributed by atoms with van der Waals surface area (Å²) in [5.74, 6) is 1.35. The molecule has 2 N–H and O–H groups in total. The van der Waals surface area contributed by atoms with Gasteiger partial charge in [-0.1, -0.05) is 12.1 Å². The maximum Gasteiger partial charge on any atom is 0.258 e. The second-order valence-corrected chi connectivity index (χ2v) is 6.82. The summed E-state index contributed by atoms with van der Waals surface area (Å²) in [6.45, 7) is 1.85. The van der Waals surface area contributed by atoms with Gasteiger partial charge < -0.3 is 20.3 Å². The number of para-hydroxylation sites is 2. The zero-order chi connectivity index (χ0) is 17.9. The van der Waals surface area contributed by atoms with Crippen molar-refractivity contribution in [3.05, 3.63) is 48.2 Å². The maximum atomic E-state index is 13.4.